The molecule has 152 valence electrons. The first-order chi connectivity index (χ1) is 14.2. The van der Waals surface area contributed by atoms with Crippen LogP contribution in [0.3, 0.4) is 0 Å². The topological polar surface area (TPSA) is 91.4 Å². The molecule has 2 heterocycles. The van der Waals surface area contributed by atoms with E-state index < -0.39 is 11.8 Å². The quantitative estimate of drug-likeness (QED) is 0.420. The van der Waals surface area contributed by atoms with Gasteiger partial charge in [-0.2, -0.15) is 5.26 Å². The van der Waals surface area contributed by atoms with Gasteiger partial charge in [0.05, 0.1) is 0 Å². The normalized spacial score (nSPS) is 15.9. The van der Waals surface area contributed by atoms with Crippen LogP contribution in [0.5, 0.6) is 0 Å². The summed E-state index contributed by atoms with van der Waals surface area (Å²) in [7, 11) is 0. The largest absolute Gasteiger partial charge is 0.457 e. The van der Waals surface area contributed by atoms with Crippen LogP contribution in [0.1, 0.15) is 43.8 Å². The first-order valence-electron chi connectivity index (χ1n) is 9.63. The van der Waals surface area contributed by atoms with E-state index in [1.165, 1.54) is 6.92 Å². The molecule has 0 saturated carbocycles. The maximum Gasteiger partial charge on any atom is 0.271 e. The average molecular weight is 402 g/mol. The lowest BCUT2D eigenvalue weighted by atomic mass is 9.94. The van der Waals surface area contributed by atoms with Gasteiger partial charge in [-0.15, -0.1) is 0 Å². The second-order valence-corrected chi connectivity index (χ2v) is 7.62. The van der Waals surface area contributed by atoms with Crippen LogP contribution in [-0.2, 0) is 9.59 Å². The standard InChI is InChI=1S/C24H22N2O4/c1-14(2)13-26-23(28)20(15(3)21(12-25)24(26)29)11-19-9-10-22(30-19)18-7-5-17(6-8-18)16(4)27/h5-11,14H,13H2,1-4H3/b20-11+. The van der Waals surface area contributed by atoms with Crippen LogP contribution in [0.25, 0.3) is 17.4 Å². The molecule has 2 amide bonds. The van der Waals surface area contributed by atoms with E-state index in [-0.39, 0.29) is 29.4 Å². The van der Waals surface area contributed by atoms with E-state index in [4.69, 9.17) is 4.42 Å². The van der Waals surface area contributed by atoms with Gasteiger partial charge in [-0.3, -0.25) is 19.3 Å². The van der Waals surface area contributed by atoms with Crippen molar-refractivity contribution in [3.8, 4) is 17.4 Å². The zero-order chi connectivity index (χ0) is 22.0. The summed E-state index contributed by atoms with van der Waals surface area (Å²) in [5.74, 6) is 0.0754. The van der Waals surface area contributed by atoms with E-state index in [9.17, 15) is 19.6 Å². The number of hydrogen-bond donors (Lipinski definition) is 0. The van der Waals surface area contributed by atoms with Crippen LogP contribution < -0.4 is 0 Å². The summed E-state index contributed by atoms with van der Waals surface area (Å²) in [5, 5.41) is 9.43. The minimum atomic E-state index is -0.559. The van der Waals surface area contributed by atoms with Crippen molar-refractivity contribution in [2.24, 2.45) is 5.92 Å². The fourth-order valence-corrected chi connectivity index (χ4v) is 3.26. The molecule has 0 aliphatic carbocycles. The van der Waals surface area contributed by atoms with E-state index in [1.807, 2.05) is 19.9 Å². The van der Waals surface area contributed by atoms with Gasteiger partial charge in [-0.25, -0.2) is 0 Å². The fourth-order valence-electron chi connectivity index (χ4n) is 3.26. The first-order valence-corrected chi connectivity index (χ1v) is 9.63. The van der Waals surface area contributed by atoms with E-state index in [0.717, 1.165) is 10.5 Å². The maximum atomic E-state index is 12.9. The Labute approximate surface area is 175 Å². The van der Waals surface area contributed by atoms with Crippen molar-refractivity contribution >= 4 is 23.7 Å². The molecule has 1 aromatic heterocycles. The van der Waals surface area contributed by atoms with Gasteiger partial charge < -0.3 is 4.42 Å². The highest BCUT2D eigenvalue weighted by Gasteiger charge is 2.35. The molecule has 1 aliphatic rings. The van der Waals surface area contributed by atoms with Crippen molar-refractivity contribution < 1.29 is 18.8 Å². The molecule has 0 bridgehead atoms. The number of amides is 2. The highest BCUT2D eigenvalue weighted by molar-refractivity contribution is 6.19. The zero-order valence-electron chi connectivity index (χ0n) is 17.4. The summed E-state index contributed by atoms with van der Waals surface area (Å²) >= 11 is 0. The van der Waals surface area contributed by atoms with Crippen LogP contribution in [0.4, 0.5) is 0 Å². The number of benzene rings is 1. The van der Waals surface area contributed by atoms with Crippen LogP contribution >= 0.6 is 0 Å². The van der Waals surface area contributed by atoms with E-state index in [0.29, 0.717) is 22.7 Å². The van der Waals surface area contributed by atoms with Gasteiger partial charge in [-0.1, -0.05) is 38.1 Å². The molecule has 6 nitrogen and oxygen atoms in total. The minimum absolute atomic E-state index is 0.0155. The van der Waals surface area contributed by atoms with Crippen LogP contribution in [0, 0.1) is 17.2 Å². The van der Waals surface area contributed by atoms with Crippen molar-refractivity contribution in [1.82, 2.24) is 4.90 Å². The summed E-state index contributed by atoms with van der Waals surface area (Å²) in [6.45, 7) is 7.14. The Kier molecular flexibility index (Phi) is 5.84. The molecule has 0 spiro atoms. The maximum absolute atomic E-state index is 12.9. The third-order valence-corrected chi connectivity index (χ3v) is 4.86. The fraction of sp³-hybridized carbons (Fsp3) is 0.250. The lowest BCUT2D eigenvalue weighted by molar-refractivity contribution is -0.141. The highest BCUT2D eigenvalue weighted by Crippen LogP contribution is 2.29. The number of Topliss-reactive ketones (excluding diaryl/α,β-unsaturated/α-hetero) is 1. The molecule has 0 N–H and O–H groups in total. The summed E-state index contributed by atoms with van der Waals surface area (Å²) in [4.78, 5) is 38.0. The molecule has 3 rings (SSSR count). The lowest BCUT2D eigenvalue weighted by Gasteiger charge is -2.28. The molecule has 6 heteroatoms. The van der Waals surface area contributed by atoms with Crippen molar-refractivity contribution in [3.05, 3.63) is 64.4 Å². The Morgan fingerprint density at radius 1 is 1.13 bits per heavy atom. The second-order valence-electron chi connectivity index (χ2n) is 7.62. The van der Waals surface area contributed by atoms with E-state index in [2.05, 4.69) is 0 Å². The Balaban J connectivity index is 1.98. The van der Waals surface area contributed by atoms with Gasteiger partial charge in [0.15, 0.2) is 5.78 Å². The van der Waals surface area contributed by atoms with Crippen LogP contribution in [0.2, 0.25) is 0 Å². The number of carbonyl (C=O) groups is 3. The molecular formula is C24H22N2O4. The van der Waals surface area contributed by atoms with Gasteiger partial charge >= 0.3 is 0 Å². The van der Waals surface area contributed by atoms with Gasteiger partial charge in [0.2, 0.25) is 0 Å². The molecule has 0 saturated heterocycles. The third-order valence-electron chi connectivity index (χ3n) is 4.86. The number of carbonyl (C=O) groups excluding carboxylic acids is 3. The SMILES string of the molecule is CC(=O)c1ccc(-c2ccc(/C=C3/C(=O)N(CC(C)C)C(=O)C(C#N)=C3C)o2)cc1. The molecule has 1 aromatic carbocycles. The molecule has 30 heavy (non-hydrogen) atoms. The number of furan rings is 1. The van der Waals surface area contributed by atoms with Gasteiger partial charge in [-0.05, 0) is 43.5 Å². The number of nitrogens with zero attached hydrogens (tertiary/aromatic N) is 2. The van der Waals surface area contributed by atoms with Crippen molar-refractivity contribution in [3.63, 3.8) is 0 Å². The number of nitriles is 1. The highest BCUT2D eigenvalue weighted by atomic mass is 16.3. The molecule has 0 radical (unpaired) electrons. The molecular weight excluding hydrogens is 380 g/mol. The predicted molar refractivity (Wildman–Crippen MR) is 112 cm³/mol. The molecule has 0 atom stereocenters. The summed E-state index contributed by atoms with van der Waals surface area (Å²) in [6.07, 6.45) is 1.56. The van der Waals surface area contributed by atoms with Gasteiger partial charge in [0.1, 0.15) is 23.2 Å². The Morgan fingerprint density at radius 2 is 1.80 bits per heavy atom. The van der Waals surface area contributed by atoms with E-state index >= 15 is 0 Å². The van der Waals surface area contributed by atoms with Crippen molar-refractivity contribution in [2.45, 2.75) is 27.7 Å². The van der Waals surface area contributed by atoms with Crippen LogP contribution in [-0.4, -0.2) is 29.0 Å². The number of rotatable bonds is 5. The molecule has 2 aromatic rings. The van der Waals surface area contributed by atoms with Crippen molar-refractivity contribution in [1.29, 1.82) is 5.26 Å². The van der Waals surface area contributed by atoms with E-state index in [1.54, 1.807) is 49.4 Å². The lowest BCUT2D eigenvalue weighted by Crippen LogP contribution is -2.44. The smallest absolute Gasteiger partial charge is 0.271 e. The Morgan fingerprint density at radius 3 is 2.37 bits per heavy atom. The van der Waals surface area contributed by atoms with Gasteiger partial charge in [0.25, 0.3) is 11.8 Å². The monoisotopic (exact) mass is 402 g/mol. The minimum Gasteiger partial charge on any atom is -0.457 e. The van der Waals surface area contributed by atoms with Crippen LogP contribution in [0.15, 0.2) is 57.5 Å². The van der Waals surface area contributed by atoms with Crippen molar-refractivity contribution in [2.75, 3.05) is 6.54 Å². The number of hydrogen-bond acceptors (Lipinski definition) is 5. The summed E-state index contributed by atoms with van der Waals surface area (Å²) in [5.41, 5.74) is 1.98. The number of ketones is 1. The molecule has 1 aliphatic heterocycles. The molecule has 0 fully saturated rings. The summed E-state index contributed by atoms with van der Waals surface area (Å²) < 4.78 is 5.86. The Bertz CT molecular complexity index is 1120. The second kappa shape index (κ2) is 8.34. The summed E-state index contributed by atoms with van der Waals surface area (Å²) in [6, 6.07) is 12.4. The third kappa shape index (κ3) is 4.01. The zero-order valence-corrected chi connectivity index (χ0v) is 17.4. The Hall–Kier alpha value is -3.72. The average Bonchev–Trinajstić information content (AvgIpc) is 3.17. The molecule has 0 unspecified atom stereocenters. The predicted octanol–water partition coefficient (Wildman–Crippen LogP) is 4.40. The van der Waals surface area contributed by atoms with Gasteiger partial charge in [0, 0.05) is 23.2 Å². The first kappa shape index (κ1) is 21.0. The number of imide groups is 1.